The van der Waals surface area contributed by atoms with Crippen LogP contribution in [0.1, 0.15) is 30.1 Å². The van der Waals surface area contributed by atoms with Gasteiger partial charge in [0.25, 0.3) is 0 Å². The highest BCUT2D eigenvalue weighted by Gasteiger charge is 2.21. The van der Waals surface area contributed by atoms with Gasteiger partial charge in [-0.15, -0.1) is 0 Å². The van der Waals surface area contributed by atoms with Crippen LogP contribution in [-0.4, -0.2) is 11.9 Å². The second-order valence-corrected chi connectivity index (χ2v) is 5.72. The highest BCUT2D eigenvalue weighted by molar-refractivity contribution is 9.10. The van der Waals surface area contributed by atoms with E-state index in [1.807, 2.05) is 31.2 Å². The minimum absolute atomic E-state index is 0.0207. The number of carbonyl (C=O) groups is 1. The number of rotatable bonds is 6. The number of anilines is 1. The molecular weight excluding hydrogens is 330 g/mol. The van der Waals surface area contributed by atoms with E-state index >= 15 is 0 Å². The van der Waals surface area contributed by atoms with Crippen molar-refractivity contribution in [3.05, 3.63) is 58.6 Å². The summed E-state index contributed by atoms with van der Waals surface area (Å²) in [7, 11) is 0. The van der Waals surface area contributed by atoms with E-state index in [-0.39, 0.29) is 5.78 Å². The number of benzene rings is 2. The lowest BCUT2D eigenvalue weighted by molar-refractivity contribution is 0.0779. The van der Waals surface area contributed by atoms with Crippen molar-refractivity contribution in [3.63, 3.8) is 0 Å². The molecule has 0 bridgehead atoms. The molecular formula is C17H18BrNO2. The average molecular weight is 348 g/mol. The fourth-order valence-electron chi connectivity index (χ4n) is 2.05. The third-order valence-corrected chi connectivity index (χ3v) is 3.69. The zero-order valence-electron chi connectivity index (χ0n) is 11.9. The molecule has 0 aromatic heterocycles. The molecule has 0 amide bonds. The summed E-state index contributed by atoms with van der Waals surface area (Å²) in [6.45, 7) is 2.03. The largest absolute Gasteiger partial charge is 0.480 e. The Bertz CT molecular complexity index is 610. The van der Waals surface area contributed by atoms with Crippen LogP contribution in [0.25, 0.3) is 0 Å². The molecule has 0 aliphatic rings. The van der Waals surface area contributed by atoms with Gasteiger partial charge < -0.3 is 10.5 Å². The van der Waals surface area contributed by atoms with Crippen LogP contribution in [0.3, 0.4) is 0 Å². The lowest BCUT2D eigenvalue weighted by atomic mass is 10.0. The van der Waals surface area contributed by atoms with Crippen molar-refractivity contribution in [1.82, 2.24) is 0 Å². The van der Waals surface area contributed by atoms with Gasteiger partial charge in [0, 0.05) is 10.0 Å². The normalized spacial score (nSPS) is 11.9. The molecule has 2 aromatic rings. The second-order valence-electron chi connectivity index (χ2n) is 4.80. The minimum Gasteiger partial charge on any atom is -0.480 e. The predicted octanol–water partition coefficient (Wildman–Crippen LogP) is 4.46. The van der Waals surface area contributed by atoms with Crippen LogP contribution < -0.4 is 10.5 Å². The fourth-order valence-corrected chi connectivity index (χ4v) is 2.31. The molecule has 1 atom stereocenters. The number of carbonyl (C=O) groups excluding carboxylic acids is 1. The van der Waals surface area contributed by atoms with E-state index in [1.54, 1.807) is 24.3 Å². The van der Waals surface area contributed by atoms with Gasteiger partial charge in [-0.25, -0.2) is 0 Å². The number of halogens is 1. The molecule has 2 N–H and O–H groups in total. The van der Waals surface area contributed by atoms with Crippen molar-refractivity contribution in [2.45, 2.75) is 25.9 Å². The Kier molecular flexibility index (Phi) is 5.39. The first-order valence-electron chi connectivity index (χ1n) is 6.92. The molecule has 0 aliphatic heterocycles. The van der Waals surface area contributed by atoms with E-state index in [2.05, 4.69) is 15.9 Å². The van der Waals surface area contributed by atoms with E-state index in [9.17, 15) is 4.79 Å². The van der Waals surface area contributed by atoms with Crippen molar-refractivity contribution in [2.75, 3.05) is 5.73 Å². The number of hydrogen-bond acceptors (Lipinski definition) is 3. The Morgan fingerprint density at radius 2 is 1.86 bits per heavy atom. The lowest BCUT2D eigenvalue weighted by Crippen LogP contribution is -2.27. The quantitative estimate of drug-likeness (QED) is 0.619. The molecule has 21 heavy (non-hydrogen) atoms. The SMILES string of the molecule is CCCC(Oc1ccccc1N)C(=O)c1ccc(Br)cc1. The monoisotopic (exact) mass is 347 g/mol. The van der Waals surface area contributed by atoms with E-state index in [1.165, 1.54) is 0 Å². The first-order chi connectivity index (χ1) is 10.1. The van der Waals surface area contributed by atoms with Gasteiger partial charge >= 0.3 is 0 Å². The van der Waals surface area contributed by atoms with E-state index in [0.717, 1.165) is 10.9 Å². The van der Waals surface area contributed by atoms with E-state index in [4.69, 9.17) is 10.5 Å². The number of ketones is 1. The summed E-state index contributed by atoms with van der Waals surface area (Å²) in [5.74, 6) is 0.536. The zero-order valence-corrected chi connectivity index (χ0v) is 13.5. The maximum atomic E-state index is 12.6. The number of hydrogen-bond donors (Lipinski definition) is 1. The number of para-hydroxylation sites is 2. The Morgan fingerprint density at radius 3 is 2.48 bits per heavy atom. The Labute approximate surface area is 133 Å². The number of nitrogens with two attached hydrogens (primary N) is 1. The molecule has 0 heterocycles. The van der Waals surface area contributed by atoms with Gasteiger partial charge in [-0.2, -0.15) is 0 Å². The summed E-state index contributed by atoms with van der Waals surface area (Å²) in [4.78, 5) is 12.6. The lowest BCUT2D eigenvalue weighted by Gasteiger charge is -2.18. The maximum Gasteiger partial charge on any atom is 0.203 e. The van der Waals surface area contributed by atoms with Gasteiger partial charge in [0.2, 0.25) is 5.78 Å². The summed E-state index contributed by atoms with van der Waals surface area (Å²) in [6, 6.07) is 14.5. The topological polar surface area (TPSA) is 52.3 Å². The highest BCUT2D eigenvalue weighted by atomic mass is 79.9. The molecule has 2 rings (SSSR count). The Balaban J connectivity index is 2.20. The summed E-state index contributed by atoms with van der Waals surface area (Å²) in [5, 5.41) is 0. The summed E-state index contributed by atoms with van der Waals surface area (Å²) >= 11 is 3.37. The summed E-state index contributed by atoms with van der Waals surface area (Å²) < 4.78 is 6.79. The third kappa shape index (κ3) is 4.08. The van der Waals surface area contributed by atoms with E-state index < -0.39 is 6.10 Å². The van der Waals surface area contributed by atoms with Crippen LogP contribution in [0, 0.1) is 0 Å². The maximum absolute atomic E-state index is 12.6. The Hall–Kier alpha value is -1.81. The second kappa shape index (κ2) is 7.27. The van der Waals surface area contributed by atoms with Crippen molar-refractivity contribution in [2.24, 2.45) is 0 Å². The van der Waals surface area contributed by atoms with Crippen LogP contribution in [-0.2, 0) is 0 Å². The van der Waals surface area contributed by atoms with Crippen molar-refractivity contribution in [3.8, 4) is 5.75 Å². The van der Waals surface area contributed by atoms with Gasteiger partial charge in [-0.3, -0.25) is 4.79 Å². The fraction of sp³-hybridized carbons (Fsp3) is 0.235. The van der Waals surface area contributed by atoms with Crippen LogP contribution in [0.15, 0.2) is 53.0 Å². The molecule has 0 saturated carbocycles. The number of ether oxygens (including phenoxy) is 1. The minimum atomic E-state index is -0.513. The molecule has 3 nitrogen and oxygen atoms in total. The van der Waals surface area contributed by atoms with E-state index in [0.29, 0.717) is 23.4 Å². The molecule has 0 radical (unpaired) electrons. The highest BCUT2D eigenvalue weighted by Crippen LogP contribution is 2.24. The van der Waals surface area contributed by atoms with Crippen molar-refractivity contribution < 1.29 is 9.53 Å². The molecule has 0 aliphatic carbocycles. The third-order valence-electron chi connectivity index (χ3n) is 3.16. The van der Waals surface area contributed by atoms with Crippen LogP contribution in [0.4, 0.5) is 5.69 Å². The van der Waals surface area contributed by atoms with Gasteiger partial charge in [-0.05, 0) is 30.7 Å². The predicted molar refractivity (Wildman–Crippen MR) is 88.7 cm³/mol. The van der Waals surface area contributed by atoms with Crippen molar-refractivity contribution >= 4 is 27.4 Å². The molecule has 2 aromatic carbocycles. The first kappa shape index (κ1) is 15.6. The van der Waals surface area contributed by atoms with Crippen LogP contribution >= 0.6 is 15.9 Å². The zero-order chi connectivity index (χ0) is 15.2. The van der Waals surface area contributed by atoms with Crippen LogP contribution in [0.2, 0.25) is 0 Å². The molecule has 0 saturated heterocycles. The molecule has 0 fully saturated rings. The first-order valence-corrected chi connectivity index (χ1v) is 7.72. The standard InChI is InChI=1S/C17H18BrNO2/c1-2-5-16(21-15-7-4-3-6-14(15)19)17(20)12-8-10-13(18)11-9-12/h3-4,6-11,16H,2,5,19H2,1H3. The molecule has 110 valence electrons. The smallest absolute Gasteiger partial charge is 0.203 e. The molecule has 1 unspecified atom stereocenters. The number of nitrogen functional groups attached to an aromatic ring is 1. The van der Waals surface area contributed by atoms with Gasteiger partial charge in [0.15, 0.2) is 6.10 Å². The van der Waals surface area contributed by atoms with Crippen molar-refractivity contribution in [1.29, 1.82) is 0 Å². The average Bonchev–Trinajstić information content (AvgIpc) is 2.49. The molecule has 4 heteroatoms. The summed E-state index contributed by atoms with van der Waals surface area (Å²) in [6.07, 6.45) is 1.00. The summed E-state index contributed by atoms with van der Waals surface area (Å²) in [5.41, 5.74) is 7.07. The van der Waals surface area contributed by atoms with Gasteiger partial charge in [0.1, 0.15) is 5.75 Å². The number of Topliss-reactive ketones (excluding diaryl/α,β-unsaturated/α-hetero) is 1. The van der Waals surface area contributed by atoms with Gasteiger partial charge in [0.05, 0.1) is 5.69 Å². The molecule has 0 spiro atoms. The van der Waals surface area contributed by atoms with Crippen LogP contribution in [0.5, 0.6) is 5.75 Å². The Morgan fingerprint density at radius 1 is 1.19 bits per heavy atom. The van der Waals surface area contributed by atoms with Gasteiger partial charge in [-0.1, -0.05) is 53.5 Å².